The molecule has 0 aromatic heterocycles. The van der Waals surface area contributed by atoms with Crippen LogP contribution in [0.15, 0.2) is 18.2 Å². The molecule has 92 valence electrons. The molecule has 1 amide bonds. The first kappa shape index (κ1) is 12.1. The van der Waals surface area contributed by atoms with Crippen LogP contribution < -0.4 is 5.32 Å². The Morgan fingerprint density at radius 2 is 2.00 bits per heavy atom. The molecule has 1 aliphatic heterocycles. The van der Waals surface area contributed by atoms with E-state index in [4.69, 9.17) is 0 Å². The number of carbonyl (C=O) groups excluding carboxylic acids is 1. The summed E-state index contributed by atoms with van der Waals surface area (Å²) in [6.45, 7) is 6.69. The summed E-state index contributed by atoms with van der Waals surface area (Å²) in [5, 5.41) is 3.00. The summed E-state index contributed by atoms with van der Waals surface area (Å²) in [4.78, 5) is 14.1. The first-order valence-electron chi connectivity index (χ1n) is 6.24. The predicted molar refractivity (Wildman–Crippen MR) is 70.2 cm³/mol. The Morgan fingerprint density at radius 3 is 2.71 bits per heavy atom. The van der Waals surface area contributed by atoms with Crippen molar-refractivity contribution >= 4 is 11.6 Å². The highest BCUT2D eigenvalue weighted by atomic mass is 16.2. The standard InChI is InChI=1S/C14H20N2O/c1-11-5-6-12(2)13(9-11)15-14(17)10-16-7-3-4-8-16/h5-6,9H,3-4,7-8,10H2,1-2H3,(H,15,17). The molecule has 1 fully saturated rings. The molecule has 1 N–H and O–H groups in total. The van der Waals surface area contributed by atoms with Gasteiger partial charge in [-0.25, -0.2) is 0 Å². The quantitative estimate of drug-likeness (QED) is 0.867. The van der Waals surface area contributed by atoms with E-state index in [0.29, 0.717) is 6.54 Å². The van der Waals surface area contributed by atoms with Gasteiger partial charge in [0.15, 0.2) is 0 Å². The number of hydrogen-bond acceptors (Lipinski definition) is 2. The van der Waals surface area contributed by atoms with Crippen LogP contribution in [0, 0.1) is 13.8 Å². The zero-order valence-corrected chi connectivity index (χ0v) is 10.6. The SMILES string of the molecule is Cc1ccc(C)c(NC(=O)CN2CCCC2)c1. The molecule has 17 heavy (non-hydrogen) atoms. The monoisotopic (exact) mass is 232 g/mol. The van der Waals surface area contributed by atoms with Crippen molar-refractivity contribution in [2.24, 2.45) is 0 Å². The van der Waals surface area contributed by atoms with Crippen LogP contribution in [0.25, 0.3) is 0 Å². The number of rotatable bonds is 3. The Bertz CT molecular complexity index is 409. The number of aryl methyl sites for hydroxylation is 2. The molecule has 0 radical (unpaired) electrons. The molecule has 1 aliphatic rings. The van der Waals surface area contributed by atoms with Crippen molar-refractivity contribution in [1.82, 2.24) is 4.90 Å². The largest absolute Gasteiger partial charge is 0.325 e. The van der Waals surface area contributed by atoms with Crippen LogP contribution in [0.2, 0.25) is 0 Å². The second-order valence-electron chi connectivity index (χ2n) is 4.85. The van der Waals surface area contributed by atoms with Crippen LogP contribution in [0.5, 0.6) is 0 Å². The van der Waals surface area contributed by atoms with Gasteiger partial charge in [-0.3, -0.25) is 9.69 Å². The van der Waals surface area contributed by atoms with Crippen molar-refractivity contribution in [2.45, 2.75) is 26.7 Å². The van der Waals surface area contributed by atoms with E-state index in [0.717, 1.165) is 24.3 Å². The smallest absolute Gasteiger partial charge is 0.238 e. The van der Waals surface area contributed by atoms with Gasteiger partial charge in [0.2, 0.25) is 5.91 Å². The number of carbonyl (C=O) groups is 1. The summed E-state index contributed by atoms with van der Waals surface area (Å²) < 4.78 is 0. The number of nitrogens with zero attached hydrogens (tertiary/aromatic N) is 1. The Labute approximate surface area is 103 Å². The molecule has 0 atom stereocenters. The molecule has 1 saturated heterocycles. The Morgan fingerprint density at radius 1 is 1.29 bits per heavy atom. The van der Waals surface area contributed by atoms with Crippen LogP contribution >= 0.6 is 0 Å². The van der Waals surface area contributed by atoms with E-state index in [2.05, 4.69) is 16.3 Å². The fraction of sp³-hybridized carbons (Fsp3) is 0.500. The average Bonchev–Trinajstić information content (AvgIpc) is 2.76. The molecule has 3 nitrogen and oxygen atoms in total. The summed E-state index contributed by atoms with van der Waals surface area (Å²) in [5.74, 6) is 0.0978. The van der Waals surface area contributed by atoms with Crippen molar-refractivity contribution in [3.8, 4) is 0 Å². The van der Waals surface area contributed by atoms with Crippen LogP contribution in [-0.4, -0.2) is 30.4 Å². The number of likely N-dealkylation sites (tertiary alicyclic amines) is 1. The molecule has 0 saturated carbocycles. The van der Waals surface area contributed by atoms with E-state index >= 15 is 0 Å². The van der Waals surface area contributed by atoms with Gasteiger partial charge in [0.1, 0.15) is 0 Å². The van der Waals surface area contributed by atoms with Crippen LogP contribution in [-0.2, 0) is 4.79 Å². The molecule has 0 aliphatic carbocycles. The highest BCUT2D eigenvalue weighted by molar-refractivity contribution is 5.93. The third kappa shape index (κ3) is 3.30. The van der Waals surface area contributed by atoms with Crippen LogP contribution in [0.4, 0.5) is 5.69 Å². The molecular weight excluding hydrogens is 212 g/mol. The van der Waals surface area contributed by atoms with E-state index in [9.17, 15) is 4.79 Å². The molecule has 1 heterocycles. The number of hydrogen-bond donors (Lipinski definition) is 1. The predicted octanol–water partition coefficient (Wildman–Crippen LogP) is 2.34. The molecule has 1 aromatic carbocycles. The Hall–Kier alpha value is -1.35. The lowest BCUT2D eigenvalue weighted by atomic mass is 10.1. The zero-order chi connectivity index (χ0) is 12.3. The molecule has 0 unspecified atom stereocenters. The lowest BCUT2D eigenvalue weighted by molar-refractivity contribution is -0.117. The molecule has 3 heteroatoms. The minimum absolute atomic E-state index is 0.0978. The van der Waals surface area contributed by atoms with Gasteiger partial charge in [-0.15, -0.1) is 0 Å². The van der Waals surface area contributed by atoms with Crippen molar-refractivity contribution in [1.29, 1.82) is 0 Å². The van der Waals surface area contributed by atoms with Crippen LogP contribution in [0.3, 0.4) is 0 Å². The number of benzene rings is 1. The maximum absolute atomic E-state index is 11.9. The summed E-state index contributed by atoms with van der Waals surface area (Å²) in [6, 6.07) is 6.13. The van der Waals surface area contributed by atoms with Gasteiger partial charge in [-0.1, -0.05) is 12.1 Å². The highest BCUT2D eigenvalue weighted by Crippen LogP contribution is 2.16. The fourth-order valence-corrected chi connectivity index (χ4v) is 2.20. The third-order valence-corrected chi connectivity index (χ3v) is 3.23. The Kier molecular flexibility index (Phi) is 3.79. The van der Waals surface area contributed by atoms with Crippen LogP contribution in [0.1, 0.15) is 24.0 Å². The maximum atomic E-state index is 11.9. The number of anilines is 1. The molecule has 1 aromatic rings. The average molecular weight is 232 g/mol. The highest BCUT2D eigenvalue weighted by Gasteiger charge is 2.15. The van der Waals surface area contributed by atoms with Gasteiger partial charge in [-0.05, 0) is 57.0 Å². The molecule has 2 rings (SSSR count). The summed E-state index contributed by atoms with van der Waals surface area (Å²) in [6.07, 6.45) is 2.44. The summed E-state index contributed by atoms with van der Waals surface area (Å²) in [5.41, 5.74) is 3.23. The summed E-state index contributed by atoms with van der Waals surface area (Å²) >= 11 is 0. The fourth-order valence-electron chi connectivity index (χ4n) is 2.20. The van der Waals surface area contributed by atoms with Gasteiger partial charge in [0, 0.05) is 5.69 Å². The maximum Gasteiger partial charge on any atom is 0.238 e. The van der Waals surface area contributed by atoms with Crippen molar-refractivity contribution in [2.75, 3.05) is 25.0 Å². The molecular formula is C14H20N2O. The topological polar surface area (TPSA) is 32.3 Å². The van der Waals surface area contributed by atoms with E-state index < -0.39 is 0 Å². The van der Waals surface area contributed by atoms with Gasteiger partial charge in [-0.2, -0.15) is 0 Å². The normalized spacial score (nSPS) is 16.1. The van der Waals surface area contributed by atoms with E-state index in [1.807, 2.05) is 26.0 Å². The first-order chi connectivity index (χ1) is 8.15. The van der Waals surface area contributed by atoms with Crippen molar-refractivity contribution in [3.63, 3.8) is 0 Å². The first-order valence-corrected chi connectivity index (χ1v) is 6.24. The second-order valence-corrected chi connectivity index (χ2v) is 4.85. The van der Waals surface area contributed by atoms with Gasteiger partial charge < -0.3 is 5.32 Å². The van der Waals surface area contributed by atoms with E-state index in [1.165, 1.54) is 18.4 Å². The number of amides is 1. The van der Waals surface area contributed by atoms with E-state index in [-0.39, 0.29) is 5.91 Å². The minimum atomic E-state index is 0.0978. The van der Waals surface area contributed by atoms with Gasteiger partial charge in [0.05, 0.1) is 6.54 Å². The lowest BCUT2D eigenvalue weighted by Crippen LogP contribution is -2.31. The lowest BCUT2D eigenvalue weighted by Gasteiger charge is -2.15. The van der Waals surface area contributed by atoms with E-state index in [1.54, 1.807) is 0 Å². The molecule has 0 spiro atoms. The summed E-state index contributed by atoms with van der Waals surface area (Å²) in [7, 11) is 0. The van der Waals surface area contributed by atoms with Crippen molar-refractivity contribution < 1.29 is 4.79 Å². The second kappa shape index (κ2) is 5.32. The van der Waals surface area contributed by atoms with Gasteiger partial charge >= 0.3 is 0 Å². The Balaban J connectivity index is 1.95. The van der Waals surface area contributed by atoms with Crippen molar-refractivity contribution in [3.05, 3.63) is 29.3 Å². The minimum Gasteiger partial charge on any atom is -0.325 e. The van der Waals surface area contributed by atoms with Gasteiger partial charge in [0.25, 0.3) is 0 Å². The zero-order valence-electron chi connectivity index (χ0n) is 10.6. The number of nitrogens with one attached hydrogen (secondary N) is 1. The third-order valence-electron chi connectivity index (χ3n) is 3.23. The molecule has 0 bridgehead atoms.